The Balaban J connectivity index is 2.18. The Bertz CT molecular complexity index is 698. The number of carbonyl (C=O) groups is 1. The molecule has 6 heteroatoms. The highest BCUT2D eigenvalue weighted by molar-refractivity contribution is 6.04. The number of carbonyl (C=O) groups excluding carboxylic acids is 1. The molecule has 1 heterocycles. The van der Waals surface area contributed by atoms with Crippen molar-refractivity contribution in [3.63, 3.8) is 0 Å². The molecular formula is C14H11FN2O3. The normalized spacial score (nSPS) is 9.75. The molecule has 0 aliphatic heterocycles. The molecule has 0 fully saturated rings. The monoisotopic (exact) mass is 274 g/mol. The largest absolute Gasteiger partial charge is 0.384 e. The minimum Gasteiger partial charge on any atom is -0.384 e. The Hall–Kier alpha value is -2.65. The van der Waals surface area contributed by atoms with E-state index < -0.39 is 11.7 Å². The summed E-state index contributed by atoms with van der Waals surface area (Å²) in [6, 6.07) is 4.12. The first-order valence-electron chi connectivity index (χ1n) is 5.73. The van der Waals surface area contributed by atoms with Crippen LogP contribution in [0.1, 0.15) is 21.7 Å². The molecule has 1 aromatic heterocycles. The molecule has 5 nitrogen and oxygen atoms in total. The molecule has 0 saturated heterocycles. The number of halogens is 1. The standard InChI is InChI=1S/C14H11FN2O3/c1-9-11(8-16-20-9)14(19)17-13-5-4-10(3-2-6-18)7-12(13)15/h4-5,7-8,18H,6H2,1H3,(H,17,19). The van der Waals surface area contributed by atoms with Crippen LogP contribution >= 0.6 is 0 Å². The van der Waals surface area contributed by atoms with E-state index in [0.29, 0.717) is 11.3 Å². The molecule has 0 saturated carbocycles. The average molecular weight is 274 g/mol. The van der Waals surface area contributed by atoms with Crippen LogP contribution in [0.2, 0.25) is 0 Å². The van der Waals surface area contributed by atoms with Gasteiger partial charge in [0.1, 0.15) is 23.7 Å². The third kappa shape index (κ3) is 3.02. The second kappa shape index (κ2) is 5.99. The lowest BCUT2D eigenvalue weighted by Gasteiger charge is -2.05. The van der Waals surface area contributed by atoms with Crippen LogP contribution in [-0.2, 0) is 0 Å². The van der Waals surface area contributed by atoms with E-state index in [0.717, 1.165) is 0 Å². The van der Waals surface area contributed by atoms with Gasteiger partial charge in [-0.15, -0.1) is 0 Å². The summed E-state index contributed by atoms with van der Waals surface area (Å²) in [4.78, 5) is 11.9. The molecule has 0 aliphatic rings. The van der Waals surface area contributed by atoms with Gasteiger partial charge in [-0.2, -0.15) is 0 Å². The van der Waals surface area contributed by atoms with E-state index in [1.165, 1.54) is 18.3 Å². The first-order valence-corrected chi connectivity index (χ1v) is 5.73. The molecule has 0 radical (unpaired) electrons. The van der Waals surface area contributed by atoms with Gasteiger partial charge in [-0.25, -0.2) is 4.39 Å². The van der Waals surface area contributed by atoms with Crippen LogP contribution in [0.5, 0.6) is 0 Å². The maximum absolute atomic E-state index is 13.8. The predicted octanol–water partition coefficient (Wildman–Crippen LogP) is 1.72. The first-order chi connectivity index (χ1) is 9.61. The number of aliphatic hydroxyl groups is 1. The number of anilines is 1. The molecule has 2 N–H and O–H groups in total. The fraction of sp³-hybridized carbons (Fsp3) is 0.143. The summed E-state index contributed by atoms with van der Waals surface area (Å²) >= 11 is 0. The van der Waals surface area contributed by atoms with Gasteiger partial charge in [0.15, 0.2) is 0 Å². The van der Waals surface area contributed by atoms with Crippen molar-refractivity contribution in [1.82, 2.24) is 5.16 Å². The Kier molecular flexibility index (Phi) is 4.13. The quantitative estimate of drug-likeness (QED) is 0.818. The second-order valence-corrected chi connectivity index (χ2v) is 3.90. The summed E-state index contributed by atoms with van der Waals surface area (Å²) in [5, 5.41) is 14.5. The number of rotatable bonds is 2. The van der Waals surface area contributed by atoms with Crippen molar-refractivity contribution in [2.75, 3.05) is 11.9 Å². The number of aryl methyl sites for hydroxylation is 1. The zero-order valence-corrected chi connectivity index (χ0v) is 10.6. The minimum absolute atomic E-state index is 0.0325. The number of hydrogen-bond donors (Lipinski definition) is 2. The zero-order valence-electron chi connectivity index (χ0n) is 10.6. The van der Waals surface area contributed by atoms with Crippen LogP contribution in [0, 0.1) is 24.6 Å². The SMILES string of the molecule is Cc1oncc1C(=O)Nc1ccc(C#CCO)cc1F. The van der Waals surface area contributed by atoms with Crippen molar-refractivity contribution in [1.29, 1.82) is 0 Å². The highest BCUT2D eigenvalue weighted by atomic mass is 19.1. The summed E-state index contributed by atoms with van der Waals surface area (Å²) in [6.07, 6.45) is 1.27. The van der Waals surface area contributed by atoms with Crippen LogP contribution in [0.3, 0.4) is 0 Å². The van der Waals surface area contributed by atoms with Crippen molar-refractivity contribution in [2.45, 2.75) is 6.92 Å². The van der Waals surface area contributed by atoms with Gasteiger partial charge in [-0.3, -0.25) is 4.79 Å². The number of aliphatic hydroxyl groups excluding tert-OH is 1. The van der Waals surface area contributed by atoms with Crippen LogP contribution < -0.4 is 5.32 Å². The van der Waals surface area contributed by atoms with E-state index in [2.05, 4.69) is 22.3 Å². The second-order valence-electron chi connectivity index (χ2n) is 3.90. The van der Waals surface area contributed by atoms with E-state index in [4.69, 9.17) is 9.63 Å². The summed E-state index contributed by atoms with van der Waals surface area (Å²) in [7, 11) is 0. The fourth-order valence-corrected chi connectivity index (χ4v) is 1.54. The van der Waals surface area contributed by atoms with Crippen LogP contribution in [0.15, 0.2) is 28.9 Å². The molecule has 2 aromatic rings. The Morgan fingerprint density at radius 1 is 1.55 bits per heavy atom. The number of hydrogen-bond acceptors (Lipinski definition) is 4. The molecule has 1 aromatic carbocycles. The molecule has 1 amide bonds. The highest BCUT2D eigenvalue weighted by Gasteiger charge is 2.14. The molecule has 0 atom stereocenters. The molecule has 2 rings (SSSR count). The Labute approximate surface area is 114 Å². The lowest BCUT2D eigenvalue weighted by Crippen LogP contribution is -2.13. The van der Waals surface area contributed by atoms with E-state index in [1.807, 2.05) is 0 Å². The van der Waals surface area contributed by atoms with Gasteiger partial charge >= 0.3 is 0 Å². The Morgan fingerprint density at radius 3 is 2.95 bits per heavy atom. The third-order valence-electron chi connectivity index (χ3n) is 2.52. The van der Waals surface area contributed by atoms with E-state index in [-0.39, 0.29) is 17.9 Å². The smallest absolute Gasteiger partial charge is 0.260 e. The lowest BCUT2D eigenvalue weighted by atomic mass is 10.2. The molecular weight excluding hydrogens is 263 g/mol. The van der Waals surface area contributed by atoms with Crippen molar-refractivity contribution >= 4 is 11.6 Å². The number of nitrogens with zero attached hydrogens (tertiary/aromatic N) is 1. The highest BCUT2D eigenvalue weighted by Crippen LogP contribution is 2.17. The van der Waals surface area contributed by atoms with E-state index >= 15 is 0 Å². The lowest BCUT2D eigenvalue weighted by molar-refractivity contribution is 0.102. The fourth-order valence-electron chi connectivity index (χ4n) is 1.54. The summed E-state index contributed by atoms with van der Waals surface area (Å²) in [6.45, 7) is 1.29. The molecule has 0 bridgehead atoms. The van der Waals surface area contributed by atoms with E-state index in [1.54, 1.807) is 13.0 Å². The van der Waals surface area contributed by atoms with Crippen molar-refractivity contribution in [2.24, 2.45) is 0 Å². The number of amides is 1. The van der Waals surface area contributed by atoms with Crippen molar-refractivity contribution in [3.8, 4) is 11.8 Å². The first kappa shape index (κ1) is 13.8. The predicted molar refractivity (Wildman–Crippen MR) is 69.6 cm³/mol. The van der Waals surface area contributed by atoms with Crippen LogP contribution in [0.4, 0.5) is 10.1 Å². The maximum Gasteiger partial charge on any atom is 0.260 e. The van der Waals surface area contributed by atoms with Gasteiger partial charge in [0.05, 0.1) is 11.9 Å². The third-order valence-corrected chi connectivity index (χ3v) is 2.52. The van der Waals surface area contributed by atoms with Gasteiger partial charge in [-0.1, -0.05) is 17.0 Å². The topological polar surface area (TPSA) is 75.4 Å². The van der Waals surface area contributed by atoms with Gasteiger partial charge < -0.3 is 14.9 Å². The molecule has 20 heavy (non-hydrogen) atoms. The number of aromatic nitrogens is 1. The maximum atomic E-state index is 13.8. The zero-order chi connectivity index (χ0) is 14.5. The molecule has 0 unspecified atom stereocenters. The average Bonchev–Trinajstić information content (AvgIpc) is 2.85. The number of benzene rings is 1. The molecule has 0 aliphatic carbocycles. The van der Waals surface area contributed by atoms with Crippen LogP contribution in [0.25, 0.3) is 0 Å². The summed E-state index contributed by atoms with van der Waals surface area (Å²) < 4.78 is 18.6. The summed E-state index contributed by atoms with van der Waals surface area (Å²) in [5.74, 6) is 4.23. The van der Waals surface area contributed by atoms with Crippen LogP contribution in [-0.4, -0.2) is 22.8 Å². The van der Waals surface area contributed by atoms with Gasteiger partial charge in [0.25, 0.3) is 5.91 Å². The van der Waals surface area contributed by atoms with Gasteiger partial charge in [0, 0.05) is 5.56 Å². The van der Waals surface area contributed by atoms with Crippen molar-refractivity contribution < 1.29 is 18.8 Å². The Morgan fingerprint density at radius 2 is 2.35 bits per heavy atom. The van der Waals surface area contributed by atoms with Gasteiger partial charge in [0.2, 0.25) is 0 Å². The van der Waals surface area contributed by atoms with Crippen molar-refractivity contribution in [3.05, 3.63) is 47.1 Å². The minimum atomic E-state index is -0.614. The summed E-state index contributed by atoms with van der Waals surface area (Å²) in [5.41, 5.74) is 0.689. The molecule has 0 spiro atoms. The van der Waals surface area contributed by atoms with E-state index in [9.17, 15) is 9.18 Å². The number of nitrogens with one attached hydrogen (secondary N) is 1. The van der Waals surface area contributed by atoms with Gasteiger partial charge in [-0.05, 0) is 25.1 Å². The molecule has 102 valence electrons.